The third-order valence-electron chi connectivity index (χ3n) is 9.12. The molecule has 1 saturated heterocycles. The standard InChI is InChI=1S/C37H41N7O4/c38-34(45)31(18-23-8-2-1-3-9-23)42-36(47)33(20-26-22-41-30-13-7-5-11-28(26)30)44-37(48)32(43-35(46)24-14-16-39-17-15-24)19-25-21-40-29-12-6-4-10-27(25)29/h1-13,21-22,24,31-33,39-41H,14-20H2,(H2,38,45)(H,42,47)(H,43,46)(H,44,48)/t31-,32-,33-/m0/s1. The number of fused-ring (bicyclic) bond motifs is 2. The van der Waals surface area contributed by atoms with Gasteiger partial charge < -0.3 is 37.0 Å². The molecule has 248 valence electrons. The number of benzene rings is 3. The van der Waals surface area contributed by atoms with Crippen molar-refractivity contribution in [1.29, 1.82) is 0 Å². The number of carbonyl (C=O) groups excluding carboxylic acids is 4. The van der Waals surface area contributed by atoms with E-state index in [0.717, 1.165) is 51.6 Å². The van der Waals surface area contributed by atoms with Gasteiger partial charge in [-0.1, -0.05) is 66.7 Å². The minimum absolute atomic E-state index is 0.139. The van der Waals surface area contributed by atoms with Gasteiger partial charge in [-0.15, -0.1) is 0 Å². The SMILES string of the molecule is NC(=O)[C@H](Cc1ccccc1)NC(=O)[C@H](Cc1c[nH]c2ccccc12)NC(=O)[C@H](Cc1c[nH]c2ccccc12)NC(=O)C1CCNCC1. The van der Waals surface area contributed by atoms with Gasteiger partial charge in [-0.25, -0.2) is 0 Å². The first-order valence-electron chi connectivity index (χ1n) is 16.4. The number of nitrogens with two attached hydrogens (primary N) is 1. The number of para-hydroxylation sites is 2. The lowest BCUT2D eigenvalue weighted by Crippen LogP contribution is -2.58. The molecule has 5 aromatic rings. The minimum Gasteiger partial charge on any atom is -0.368 e. The van der Waals surface area contributed by atoms with Crippen molar-refractivity contribution in [3.63, 3.8) is 0 Å². The average molecular weight is 648 g/mol. The van der Waals surface area contributed by atoms with Crippen LogP contribution >= 0.6 is 0 Å². The number of hydrogen-bond acceptors (Lipinski definition) is 5. The molecule has 3 atom stereocenters. The number of carbonyl (C=O) groups is 4. The molecule has 1 aliphatic rings. The minimum atomic E-state index is -1.07. The first kappa shape index (κ1) is 32.5. The zero-order chi connectivity index (χ0) is 33.5. The second kappa shape index (κ2) is 15.0. The zero-order valence-electron chi connectivity index (χ0n) is 26.6. The summed E-state index contributed by atoms with van der Waals surface area (Å²) in [4.78, 5) is 60.6. The first-order chi connectivity index (χ1) is 23.4. The van der Waals surface area contributed by atoms with Crippen molar-refractivity contribution >= 4 is 45.4 Å². The quantitative estimate of drug-likeness (QED) is 0.104. The Morgan fingerprint density at radius 1 is 0.646 bits per heavy atom. The lowest BCUT2D eigenvalue weighted by Gasteiger charge is -2.27. The second-order valence-electron chi connectivity index (χ2n) is 12.4. The Morgan fingerprint density at radius 2 is 1.15 bits per heavy atom. The highest BCUT2D eigenvalue weighted by Crippen LogP contribution is 2.22. The highest BCUT2D eigenvalue weighted by molar-refractivity contribution is 5.95. The molecule has 0 aliphatic carbocycles. The van der Waals surface area contributed by atoms with E-state index in [1.807, 2.05) is 91.3 Å². The van der Waals surface area contributed by atoms with Gasteiger partial charge in [0.2, 0.25) is 23.6 Å². The van der Waals surface area contributed by atoms with Crippen LogP contribution in [0, 0.1) is 5.92 Å². The van der Waals surface area contributed by atoms with Crippen LogP contribution in [-0.4, -0.2) is 64.8 Å². The molecule has 2 aromatic heterocycles. The average Bonchev–Trinajstić information content (AvgIpc) is 3.72. The molecule has 3 aromatic carbocycles. The number of hydrogen-bond donors (Lipinski definition) is 7. The van der Waals surface area contributed by atoms with Crippen molar-refractivity contribution in [2.24, 2.45) is 11.7 Å². The number of piperidine rings is 1. The molecule has 1 aliphatic heterocycles. The predicted molar refractivity (Wildman–Crippen MR) is 185 cm³/mol. The van der Waals surface area contributed by atoms with Crippen LogP contribution in [0.2, 0.25) is 0 Å². The van der Waals surface area contributed by atoms with Crippen molar-refractivity contribution in [3.05, 3.63) is 108 Å². The maximum atomic E-state index is 14.2. The fourth-order valence-electron chi connectivity index (χ4n) is 6.45. The molecule has 0 radical (unpaired) electrons. The van der Waals surface area contributed by atoms with Crippen LogP contribution in [0.4, 0.5) is 0 Å². The van der Waals surface area contributed by atoms with E-state index < -0.39 is 35.8 Å². The molecule has 1 fully saturated rings. The van der Waals surface area contributed by atoms with E-state index in [1.165, 1.54) is 0 Å². The van der Waals surface area contributed by atoms with Gasteiger partial charge >= 0.3 is 0 Å². The van der Waals surface area contributed by atoms with Crippen molar-refractivity contribution in [1.82, 2.24) is 31.2 Å². The molecule has 4 amide bonds. The van der Waals surface area contributed by atoms with E-state index in [9.17, 15) is 19.2 Å². The Morgan fingerprint density at radius 3 is 1.71 bits per heavy atom. The number of amides is 4. The Balaban J connectivity index is 1.27. The van der Waals surface area contributed by atoms with Crippen LogP contribution in [0.25, 0.3) is 21.8 Å². The Bertz CT molecular complexity index is 1890. The van der Waals surface area contributed by atoms with E-state index in [2.05, 4.69) is 31.2 Å². The third kappa shape index (κ3) is 7.75. The number of H-pyrrole nitrogens is 2. The Kier molecular flexibility index (Phi) is 10.2. The number of aromatic nitrogens is 2. The van der Waals surface area contributed by atoms with Crippen LogP contribution in [0.15, 0.2) is 91.3 Å². The molecule has 3 heterocycles. The summed E-state index contributed by atoms with van der Waals surface area (Å²) in [5.74, 6) is -2.14. The summed E-state index contributed by atoms with van der Waals surface area (Å²) in [6.07, 6.45) is 5.56. The number of aromatic amines is 2. The topological polar surface area (TPSA) is 174 Å². The third-order valence-corrected chi connectivity index (χ3v) is 9.12. The van der Waals surface area contributed by atoms with Crippen LogP contribution in [-0.2, 0) is 38.4 Å². The molecular formula is C37H41N7O4. The monoisotopic (exact) mass is 647 g/mol. The molecule has 11 heteroatoms. The summed E-state index contributed by atoms with van der Waals surface area (Å²) in [6, 6.07) is 21.7. The van der Waals surface area contributed by atoms with Crippen molar-refractivity contribution in [3.8, 4) is 0 Å². The predicted octanol–water partition coefficient (Wildman–Crippen LogP) is 2.62. The highest BCUT2D eigenvalue weighted by Gasteiger charge is 2.32. The van der Waals surface area contributed by atoms with Gasteiger partial charge in [-0.2, -0.15) is 0 Å². The molecule has 0 spiro atoms. The Labute approximate surface area is 278 Å². The van der Waals surface area contributed by atoms with E-state index >= 15 is 0 Å². The van der Waals surface area contributed by atoms with Crippen LogP contribution in [0.5, 0.6) is 0 Å². The molecular weight excluding hydrogens is 606 g/mol. The van der Waals surface area contributed by atoms with Gasteiger partial charge in [0.05, 0.1) is 0 Å². The van der Waals surface area contributed by atoms with Gasteiger partial charge in [-0.05, 0) is 54.8 Å². The molecule has 8 N–H and O–H groups in total. The maximum Gasteiger partial charge on any atom is 0.243 e. The van der Waals surface area contributed by atoms with Gasteiger partial charge in [0.15, 0.2) is 0 Å². The fraction of sp³-hybridized carbons (Fsp3) is 0.297. The largest absolute Gasteiger partial charge is 0.368 e. The summed E-state index contributed by atoms with van der Waals surface area (Å²) in [5, 5.41) is 13.9. The second-order valence-corrected chi connectivity index (χ2v) is 12.4. The van der Waals surface area contributed by atoms with E-state index in [4.69, 9.17) is 5.73 Å². The maximum absolute atomic E-state index is 14.2. The normalized spacial score (nSPS) is 15.4. The summed E-state index contributed by atoms with van der Waals surface area (Å²) in [5.41, 5.74) is 10.1. The van der Waals surface area contributed by atoms with Crippen LogP contribution in [0.3, 0.4) is 0 Å². The summed E-state index contributed by atoms with van der Waals surface area (Å²) in [6.45, 7) is 1.46. The van der Waals surface area contributed by atoms with Crippen LogP contribution < -0.4 is 27.0 Å². The fourth-order valence-corrected chi connectivity index (χ4v) is 6.45. The van der Waals surface area contributed by atoms with Gasteiger partial charge in [0.1, 0.15) is 18.1 Å². The molecule has 0 bridgehead atoms. The summed E-state index contributed by atoms with van der Waals surface area (Å²) < 4.78 is 0. The van der Waals surface area contributed by atoms with Gasteiger partial charge in [0, 0.05) is 59.4 Å². The molecule has 48 heavy (non-hydrogen) atoms. The number of nitrogens with one attached hydrogen (secondary N) is 6. The first-order valence-corrected chi connectivity index (χ1v) is 16.4. The van der Waals surface area contributed by atoms with Crippen molar-refractivity contribution < 1.29 is 19.2 Å². The number of rotatable bonds is 13. The summed E-state index contributed by atoms with van der Waals surface area (Å²) in [7, 11) is 0. The van der Waals surface area contributed by atoms with E-state index in [1.54, 1.807) is 0 Å². The summed E-state index contributed by atoms with van der Waals surface area (Å²) >= 11 is 0. The van der Waals surface area contributed by atoms with Crippen molar-refractivity contribution in [2.45, 2.75) is 50.2 Å². The van der Waals surface area contributed by atoms with Crippen molar-refractivity contribution in [2.75, 3.05) is 13.1 Å². The van der Waals surface area contributed by atoms with E-state index in [-0.39, 0.29) is 31.1 Å². The van der Waals surface area contributed by atoms with E-state index in [0.29, 0.717) is 12.8 Å². The molecule has 11 nitrogen and oxygen atoms in total. The number of primary amides is 1. The lowest BCUT2D eigenvalue weighted by atomic mass is 9.96. The molecule has 0 unspecified atom stereocenters. The lowest BCUT2D eigenvalue weighted by molar-refractivity contribution is -0.134. The highest BCUT2D eigenvalue weighted by atomic mass is 16.2. The van der Waals surface area contributed by atoms with Gasteiger partial charge in [-0.3, -0.25) is 19.2 Å². The van der Waals surface area contributed by atoms with Gasteiger partial charge in [0.25, 0.3) is 0 Å². The Hall–Kier alpha value is -5.42. The smallest absolute Gasteiger partial charge is 0.243 e. The molecule has 0 saturated carbocycles. The zero-order valence-corrected chi connectivity index (χ0v) is 26.6. The molecule has 6 rings (SSSR count). The van der Waals surface area contributed by atoms with Crippen LogP contribution in [0.1, 0.15) is 29.5 Å².